The summed E-state index contributed by atoms with van der Waals surface area (Å²) in [7, 11) is 2.06. The maximum Gasteiger partial charge on any atom is 0.148 e. The van der Waals surface area contributed by atoms with Crippen molar-refractivity contribution in [2.24, 2.45) is 11.8 Å². The zero-order valence-electron chi connectivity index (χ0n) is 11.4. The number of anilines is 2. The number of aromatic nitrogens is 2. The molecule has 5 nitrogen and oxygen atoms in total. The summed E-state index contributed by atoms with van der Waals surface area (Å²) in [5, 5.41) is 0. The van der Waals surface area contributed by atoms with Crippen LogP contribution in [0.5, 0.6) is 0 Å². The first-order chi connectivity index (χ1) is 7.99. The van der Waals surface area contributed by atoms with Gasteiger partial charge in [-0.1, -0.05) is 20.3 Å². The molecule has 1 aromatic heterocycles. The molecule has 1 rings (SSSR count). The lowest BCUT2D eigenvalue weighted by Gasteiger charge is -2.24. The van der Waals surface area contributed by atoms with Crippen molar-refractivity contribution in [3.8, 4) is 0 Å². The van der Waals surface area contributed by atoms with E-state index in [0.29, 0.717) is 11.7 Å². The Hall–Kier alpha value is -1.36. The van der Waals surface area contributed by atoms with Gasteiger partial charge < -0.3 is 10.3 Å². The van der Waals surface area contributed by atoms with Crippen LogP contribution in [0, 0.1) is 19.8 Å². The number of nitrogen functional groups attached to an aromatic ring is 1. The normalized spacial score (nSPS) is 12.4. The third kappa shape index (κ3) is 3.30. The van der Waals surface area contributed by atoms with E-state index in [1.807, 2.05) is 13.8 Å². The number of nitrogens with one attached hydrogen (secondary N) is 1. The number of hydrazine groups is 1. The van der Waals surface area contributed by atoms with Gasteiger partial charge in [0.15, 0.2) is 0 Å². The molecule has 0 saturated carbocycles. The van der Waals surface area contributed by atoms with Gasteiger partial charge >= 0.3 is 0 Å². The Kier molecular flexibility index (Phi) is 4.69. The molecule has 0 bridgehead atoms. The Balaban J connectivity index is 3.00. The molecule has 0 radical (unpaired) electrons. The van der Waals surface area contributed by atoms with Crippen LogP contribution in [-0.4, -0.2) is 23.6 Å². The predicted octanol–water partition coefficient (Wildman–Crippen LogP) is 1.86. The van der Waals surface area contributed by atoms with Crippen LogP contribution in [0.2, 0.25) is 0 Å². The summed E-state index contributed by atoms with van der Waals surface area (Å²) in [6.07, 6.45) is 1.16. The van der Waals surface area contributed by atoms with Crippen LogP contribution >= 0.6 is 0 Å². The highest BCUT2D eigenvalue weighted by Gasteiger charge is 2.13. The van der Waals surface area contributed by atoms with E-state index in [1.165, 1.54) is 0 Å². The van der Waals surface area contributed by atoms with Gasteiger partial charge in [0.1, 0.15) is 17.5 Å². The maximum atomic E-state index is 5.46. The van der Waals surface area contributed by atoms with Crippen LogP contribution in [0.1, 0.15) is 31.7 Å². The highest BCUT2D eigenvalue weighted by atomic mass is 15.3. The zero-order chi connectivity index (χ0) is 13.0. The molecule has 1 unspecified atom stereocenters. The van der Waals surface area contributed by atoms with Gasteiger partial charge in [-0.25, -0.2) is 15.8 Å². The molecule has 0 aliphatic carbocycles. The van der Waals surface area contributed by atoms with Crippen molar-refractivity contribution >= 4 is 11.6 Å². The van der Waals surface area contributed by atoms with Gasteiger partial charge in [-0.05, 0) is 19.8 Å². The Labute approximate surface area is 103 Å². The molecule has 5 heteroatoms. The minimum Gasteiger partial charge on any atom is -0.359 e. The first-order valence-electron chi connectivity index (χ1n) is 6.02. The Bertz CT molecular complexity index is 377. The molecule has 0 aromatic carbocycles. The average Bonchev–Trinajstić information content (AvgIpc) is 2.31. The highest BCUT2D eigenvalue weighted by molar-refractivity contribution is 5.57. The number of rotatable bonds is 5. The highest BCUT2D eigenvalue weighted by Crippen LogP contribution is 2.22. The van der Waals surface area contributed by atoms with Gasteiger partial charge in [0.2, 0.25) is 0 Å². The Morgan fingerprint density at radius 1 is 1.35 bits per heavy atom. The summed E-state index contributed by atoms with van der Waals surface area (Å²) in [4.78, 5) is 10.9. The third-order valence-corrected chi connectivity index (χ3v) is 3.01. The Morgan fingerprint density at radius 3 is 2.53 bits per heavy atom. The largest absolute Gasteiger partial charge is 0.359 e. The lowest BCUT2D eigenvalue weighted by molar-refractivity contribution is 0.557. The molecule has 1 aromatic rings. The van der Waals surface area contributed by atoms with Crippen LogP contribution in [0.3, 0.4) is 0 Å². The Morgan fingerprint density at radius 2 is 2.00 bits per heavy atom. The number of aryl methyl sites for hydroxylation is 1. The van der Waals surface area contributed by atoms with Crippen LogP contribution in [0.4, 0.5) is 11.6 Å². The predicted molar refractivity (Wildman–Crippen MR) is 72.0 cm³/mol. The van der Waals surface area contributed by atoms with Crippen molar-refractivity contribution in [2.45, 2.75) is 34.1 Å². The fourth-order valence-corrected chi connectivity index (χ4v) is 1.81. The van der Waals surface area contributed by atoms with Crippen LogP contribution in [0.15, 0.2) is 0 Å². The molecular formula is C12H23N5. The molecule has 0 fully saturated rings. The maximum absolute atomic E-state index is 5.46. The van der Waals surface area contributed by atoms with E-state index in [2.05, 4.69) is 41.2 Å². The molecule has 0 amide bonds. The van der Waals surface area contributed by atoms with Gasteiger partial charge in [0.05, 0.1) is 0 Å². The van der Waals surface area contributed by atoms with Crippen molar-refractivity contribution in [3.63, 3.8) is 0 Å². The molecular weight excluding hydrogens is 214 g/mol. The van der Waals surface area contributed by atoms with E-state index in [1.54, 1.807) is 0 Å². The fourth-order valence-electron chi connectivity index (χ4n) is 1.81. The second-order valence-electron chi connectivity index (χ2n) is 4.61. The summed E-state index contributed by atoms with van der Waals surface area (Å²) >= 11 is 0. The van der Waals surface area contributed by atoms with Crippen molar-refractivity contribution in [2.75, 3.05) is 23.9 Å². The van der Waals surface area contributed by atoms with Crippen LogP contribution in [0.25, 0.3) is 0 Å². The monoisotopic (exact) mass is 237 g/mol. The van der Waals surface area contributed by atoms with E-state index in [4.69, 9.17) is 5.84 Å². The fraction of sp³-hybridized carbons (Fsp3) is 0.667. The molecule has 1 atom stereocenters. The van der Waals surface area contributed by atoms with Gasteiger partial charge in [0.25, 0.3) is 0 Å². The molecule has 0 aliphatic heterocycles. The summed E-state index contributed by atoms with van der Waals surface area (Å²) in [5.41, 5.74) is 3.61. The lowest BCUT2D eigenvalue weighted by Crippen LogP contribution is -2.26. The van der Waals surface area contributed by atoms with Crippen molar-refractivity contribution in [1.82, 2.24) is 9.97 Å². The topological polar surface area (TPSA) is 67.1 Å². The number of hydrogen-bond acceptors (Lipinski definition) is 5. The third-order valence-electron chi connectivity index (χ3n) is 3.01. The van der Waals surface area contributed by atoms with E-state index in [9.17, 15) is 0 Å². The first kappa shape index (κ1) is 13.7. The van der Waals surface area contributed by atoms with Crippen LogP contribution < -0.4 is 16.2 Å². The number of hydrogen-bond donors (Lipinski definition) is 2. The summed E-state index contributed by atoms with van der Waals surface area (Å²) in [6, 6.07) is 0. The minimum atomic E-state index is 0.643. The first-order valence-corrected chi connectivity index (χ1v) is 6.02. The molecule has 17 heavy (non-hydrogen) atoms. The molecule has 1 heterocycles. The summed E-state index contributed by atoms with van der Waals surface area (Å²) in [6.45, 7) is 9.28. The standard InChI is InChI=1S/C12H23N5/c1-6-8(2)7-17(5)12-9(3)11(16-13)14-10(4)15-12/h8H,6-7,13H2,1-5H3,(H,14,15,16). The van der Waals surface area contributed by atoms with Crippen molar-refractivity contribution in [3.05, 3.63) is 11.4 Å². The van der Waals surface area contributed by atoms with E-state index in [-0.39, 0.29) is 0 Å². The van der Waals surface area contributed by atoms with Gasteiger partial charge in [-0.15, -0.1) is 0 Å². The van der Waals surface area contributed by atoms with Crippen LogP contribution in [-0.2, 0) is 0 Å². The zero-order valence-corrected chi connectivity index (χ0v) is 11.4. The average molecular weight is 237 g/mol. The molecule has 0 saturated heterocycles. The van der Waals surface area contributed by atoms with Gasteiger partial charge in [0, 0.05) is 19.2 Å². The number of nitrogens with zero attached hydrogens (tertiary/aromatic N) is 3. The second-order valence-corrected chi connectivity index (χ2v) is 4.61. The summed E-state index contributed by atoms with van der Waals surface area (Å²) < 4.78 is 0. The van der Waals surface area contributed by atoms with Gasteiger partial charge in [-0.2, -0.15) is 0 Å². The molecule has 3 N–H and O–H groups in total. The smallest absolute Gasteiger partial charge is 0.148 e. The second kappa shape index (κ2) is 5.82. The quantitative estimate of drug-likeness (QED) is 0.604. The SMILES string of the molecule is CCC(C)CN(C)c1nc(C)nc(NN)c1C. The minimum absolute atomic E-state index is 0.643. The lowest BCUT2D eigenvalue weighted by atomic mass is 10.1. The number of nitrogens with two attached hydrogens (primary N) is 1. The molecule has 96 valence electrons. The van der Waals surface area contributed by atoms with E-state index >= 15 is 0 Å². The molecule has 0 spiro atoms. The molecule has 0 aliphatic rings. The van der Waals surface area contributed by atoms with Gasteiger partial charge in [-0.3, -0.25) is 0 Å². The van der Waals surface area contributed by atoms with E-state index in [0.717, 1.165) is 30.2 Å². The van der Waals surface area contributed by atoms with Crippen molar-refractivity contribution < 1.29 is 0 Å². The van der Waals surface area contributed by atoms with E-state index < -0.39 is 0 Å². The van der Waals surface area contributed by atoms with Crippen molar-refractivity contribution in [1.29, 1.82) is 0 Å². The summed E-state index contributed by atoms with van der Waals surface area (Å²) in [5.74, 6) is 8.48.